The van der Waals surface area contributed by atoms with Gasteiger partial charge in [-0.25, -0.2) is 8.42 Å². The molecule has 3 N–H and O–H groups in total. The molecular weight excluding hydrogens is 326 g/mol. The van der Waals surface area contributed by atoms with Gasteiger partial charge in [-0.1, -0.05) is 17.7 Å². The van der Waals surface area contributed by atoms with Gasteiger partial charge in [0.2, 0.25) is 6.79 Å². The van der Waals surface area contributed by atoms with E-state index < -0.39 is 15.1 Å². The van der Waals surface area contributed by atoms with Crippen LogP contribution in [0.1, 0.15) is 10.8 Å². The monoisotopic (exact) mass is 340 g/mol. The molecule has 7 heteroatoms. The zero-order valence-corrected chi connectivity index (χ0v) is 13.2. The average Bonchev–Trinajstić information content (AvgIpc) is 2.96. The van der Waals surface area contributed by atoms with Gasteiger partial charge in [-0.15, -0.1) is 0 Å². The minimum Gasteiger partial charge on any atom is -0.454 e. The quantitative estimate of drug-likeness (QED) is 0.920. The van der Waals surface area contributed by atoms with Gasteiger partial charge in [0.05, 0.1) is 11.4 Å². The lowest BCUT2D eigenvalue weighted by molar-refractivity contribution is -0.367. The molecule has 2 aromatic carbocycles. The molecule has 22 heavy (non-hydrogen) atoms. The molecule has 0 amide bonds. The molecule has 0 unspecified atom stereocenters. The number of rotatable bonds is 4. The van der Waals surface area contributed by atoms with Crippen molar-refractivity contribution < 1.29 is 23.6 Å². The maximum Gasteiger partial charge on any atom is 0.231 e. The van der Waals surface area contributed by atoms with Crippen LogP contribution in [0.15, 0.2) is 47.4 Å². The Bertz CT molecular complexity index is 790. The number of fused-ring (bicyclic) bond motifs is 1. The zero-order valence-electron chi connectivity index (χ0n) is 11.7. The van der Waals surface area contributed by atoms with E-state index in [4.69, 9.17) is 21.1 Å². The number of halogens is 1. The van der Waals surface area contributed by atoms with Gasteiger partial charge in [0.1, 0.15) is 5.25 Å². The molecular formula is C15H15ClNO4S+. The van der Waals surface area contributed by atoms with Crippen LogP contribution in [0.3, 0.4) is 0 Å². The average molecular weight is 341 g/mol. The molecule has 0 saturated heterocycles. The fourth-order valence-corrected chi connectivity index (χ4v) is 4.19. The standard InChI is InChI=1S/C15H14ClNO4S/c16-11-2-4-12(5-3-11)22(18,19)15(8-17)10-1-6-13-14(7-10)21-9-20-13/h1-7,15H,8-9,17H2/p+1/t15-/m1/s1. The van der Waals surface area contributed by atoms with Gasteiger partial charge < -0.3 is 15.2 Å². The summed E-state index contributed by atoms with van der Waals surface area (Å²) in [4.78, 5) is 0.225. The van der Waals surface area contributed by atoms with Crippen LogP contribution in [0.25, 0.3) is 0 Å². The molecule has 1 aliphatic rings. The second-order valence-electron chi connectivity index (χ2n) is 4.89. The van der Waals surface area contributed by atoms with Crippen LogP contribution in [-0.4, -0.2) is 21.8 Å². The summed E-state index contributed by atoms with van der Waals surface area (Å²) in [6.45, 7) is 0.363. The van der Waals surface area contributed by atoms with E-state index in [2.05, 4.69) is 5.73 Å². The van der Waals surface area contributed by atoms with E-state index in [0.29, 0.717) is 22.1 Å². The largest absolute Gasteiger partial charge is 0.454 e. The summed E-state index contributed by atoms with van der Waals surface area (Å²) in [7, 11) is -3.56. The summed E-state index contributed by atoms with van der Waals surface area (Å²) >= 11 is 5.82. The Hall–Kier alpha value is -1.76. The number of sulfone groups is 1. The molecule has 0 aromatic heterocycles. The molecule has 3 rings (SSSR count). The van der Waals surface area contributed by atoms with Gasteiger partial charge in [-0.05, 0) is 42.0 Å². The van der Waals surface area contributed by atoms with E-state index in [1.54, 1.807) is 30.3 Å². The van der Waals surface area contributed by atoms with Crippen LogP contribution < -0.4 is 15.2 Å². The number of benzene rings is 2. The SMILES string of the molecule is [NH3+]C[C@H](c1ccc2c(c1)OCO2)S(=O)(=O)c1ccc(Cl)cc1. The van der Waals surface area contributed by atoms with Crippen molar-refractivity contribution in [2.24, 2.45) is 0 Å². The lowest BCUT2D eigenvalue weighted by Crippen LogP contribution is -2.54. The summed E-state index contributed by atoms with van der Waals surface area (Å²) in [5, 5.41) is -0.253. The highest BCUT2D eigenvalue weighted by Crippen LogP contribution is 2.37. The molecule has 0 aliphatic carbocycles. The third-order valence-corrected chi connectivity index (χ3v) is 5.99. The first-order chi connectivity index (χ1) is 10.5. The lowest BCUT2D eigenvalue weighted by atomic mass is 10.1. The van der Waals surface area contributed by atoms with E-state index in [9.17, 15) is 8.42 Å². The summed E-state index contributed by atoms with van der Waals surface area (Å²) in [5.74, 6) is 1.18. The molecule has 0 bridgehead atoms. The third-order valence-electron chi connectivity index (χ3n) is 3.55. The van der Waals surface area contributed by atoms with Gasteiger partial charge in [-0.3, -0.25) is 0 Å². The zero-order chi connectivity index (χ0) is 15.7. The van der Waals surface area contributed by atoms with Crippen molar-refractivity contribution in [2.75, 3.05) is 13.3 Å². The second-order valence-corrected chi connectivity index (χ2v) is 7.46. The summed E-state index contributed by atoms with van der Waals surface area (Å²) < 4.78 is 36.2. The van der Waals surface area contributed by atoms with Crippen molar-refractivity contribution in [2.45, 2.75) is 10.1 Å². The van der Waals surface area contributed by atoms with Gasteiger partial charge in [-0.2, -0.15) is 0 Å². The fraction of sp³-hybridized carbons (Fsp3) is 0.200. The maximum atomic E-state index is 12.8. The van der Waals surface area contributed by atoms with Crippen molar-refractivity contribution in [1.82, 2.24) is 0 Å². The summed E-state index contributed by atoms with van der Waals surface area (Å²) in [6.07, 6.45) is 0. The molecule has 0 radical (unpaired) electrons. The Kier molecular flexibility index (Phi) is 3.99. The van der Waals surface area contributed by atoms with Crippen molar-refractivity contribution >= 4 is 21.4 Å². The van der Waals surface area contributed by atoms with E-state index in [-0.39, 0.29) is 18.2 Å². The Morgan fingerprint density at radius 2 is 1.77 bits per heavy atom. The lowest BCUT2D eigenvalue weighted by Gasteiger charge is -2.15. The molecule has 0 saturated carbocycles. The topological polar surface area (TPSA) is 80.2 Å². The van der Waals surface area contributed by atoms with Gasteiger partial charge in [0, 0.05) is 5.02 Å². The van der Waals surface area contributed by atoms with Crippen LogP contribution in [0.5, 0.6) is 11.5 Å². The van der Waals surface area contributed by atoms with Crippen LogP contribution >= 0.6 is 11.6 Å². The minimum atomic E-state index is -3.56. The Balaban J connectivity index is 2.01. The molecule has 1 atom stereocenters. The Morgan fingerprint density at radius 1 is 1.09 bits per heavy atom. The first kappa shape index (κ1) is 15.1. The molecule has 1 heterocycles. The summed E-state index contributed by atoms with van der Waals surface area (Å²) in [6, 6.07) is 11.3. The molecule has 1 aliphatic heterocycles. The number of hydrogen-bond acceptors (Lipinski definition) is 4. The van der Waals surface area contributed by atoms with Gasteiger partial charge >= 0.3 is 0 Å². The number of quaternary nitrogens is 1. The second kappa shape index (κ2) is 5.79. The number of ether oxygens (including phenoxy) is 2. The van der Waals surface area contributed by atoms with Crippen molar-refractivity contribution in [1.29, 1.82) is 0 Å². The maximum absolute atomic E-state index is 12.8. The smallest absolute Gasteiger partial charge is 0.231 e. The first-order valence-corrected chi connectivity index (χ1v) is 8.63. The predicted molar refractivity (Wildman–Crippen MR) is 81.7 cm³/mol. The van der Waals surface area contributed by atoms with E-state index in [1.807, 2.05) is 0 Å². The first-order valence-electron chi connectivity index (χ1n) is 6.70. The Morgan fingerprint density at radius 3 is 2.45 bits per heavy atom. The fourth-order valence-electron chi connectivity index (χ4n) is 2.40. The highest BCUT2D eigenvalue weighted by Gasteiger charge is 2.31. The van der Waals surface area contributed by atoms with E-state index >= 15 is 0 Å². The molecule has 2 aromatic rings. The minimum absolute atomic E-state index is 0.151. The van der Waals surface area contributed by atoms with Crippen molar-refractivity contribution in [3.8, 4) is 11.5 Å². The van der Waals surface area contributed by atoms with E-state index in [0.717, 1.165) is 0 Å². The summed E-state index contributed by atoms with van der Waals surface area (Å²) in [5.41, 5.74) is 4.42. The predicted octanol–water partition coefficient (Wildman–Crippen LogP) is 1.83. The van der Waals surface area contributed by atoms with Crippen molar-refractivity contribution in [3.63, 3.8) is 0 Å². The van der Waals surface area contributed by atoms with E-state index in [1.165, 1.54) is 12.1 Å². The molecule has 0 spiro atoms. The highest BCUT2D eigenvalue weighted by atomic mass is 35.5. The molecule has 5 nitrogen and oxygen atoms in total. The normalized spacial score (nSPS) is 14.8. The number of hydrogen-bond donors (Lipinski definition) is 1. The van der Waals surface area contributed by atoms with Crippen LogP contribution in [0, 0.1) is 0 Å². The van der Waals surface area contributed by atoms with Crippen LogP contribution in [-0.2, 0) is 9.84 Å². The van der Waals surface area contributed by atoms with Crippen LogP contribution in [0.4, 0.5) is 0 Å². The highest BCUT2D eigenvalue weighted by molar-refractivity contribution is 7.91. The van der Waals surface area contributed by atoms with Gasteiger partial charge in [0.25, 0.3) is 0 Å². The molecule has 116 valence electrons. The van der Waals surface area contributed by atoms with Gasteiger partial charge in [0.15, 0.2) is 21.3 Å². The Labute approximate surface area is 133 Å². The third kappa shape index (κ3) is 2.65. The van der Waals surface area contributed by atoms with Crippen molar-refractivity contribution in [3.05, 3.63) is 53.1 Å². The molecule has 0 fully saturated rings. The van der Waals surface area contributed by atoms with Crippen LogP contribution in [0.2, 0.25) is 5.02 Å².